The van der Waals surface area contributed by atoms with Gasteiger partial charge in [-0.2, -0.15) is 0 Å². The Balaban J connectivity index is 1.42. The van der Waals surface area contributed by atoms with Gasteiger partial charge in [0.15, 0.2) is 21.3 Å². The number of sulfone groups is 1. The van der Waals surface area contributed by atoms with Crippen molar-refractivity contribution in [2.45, 2.75) is 11.3 Å². The number of nitrogens with zero attached hydrogens (tertiary/aromatic N) is 1. The van der Waals surface area contributed by atoms with Gasteiger partial charge in [0.05, 0.1) is 10.5 Å². The minimum absolute atomic E-state index is 0.0121. The van der Waals surface area contributed by atoms with Gasteiger partial charge in [0.2, 0.25) is 12.7 Å². The summed E-state index contributed by atoms with van der Waals surface area (Å²) in [5, 5.41) is 2.76. The maximum absolute atomic E-state index is 12.5. The molecule has 2 heterocycles. The third kappa shape index (κ3) is 3.91. The summed E-state index contributed by atoms with van der Waals surface area (Å²) in [5.41, 5.74) is 0.822. The van der Waals surface area contributed by atoms with E-state index in [0.717, 1.165) is 11.9 Å². The molecule has 152 valence electrons. The van der Waals surface area contributed by atoms with E-state index in [1.165, 1.54) is 12.1 Å². The Morgan fingerprint density at radius 2 is 1.93 bits per heavy atom. The second kappa shape index (κ2) is 7.40. The highest BCUT2D eigenvalue weighted by atomic mass is 32.2. The number of benzene rings is 2. The highest BCUT2D eigenvalue weighted by molar-refractivity contribution is 7.90. The number of nitrogens with one attached hydrogen (secondary N) is 1. The average molecular weight is 416 g/mol. The number of ether oxygens (including phenoxy) is 2. The van der Waals surface area contributed by atoms with Crippen LogP contribution in [0.5, 0.6) is 11.5 Å². The highest BCUT2D eigenvalue weighted by Gasteiger charge is 2.32. The van der Waals surface area contributed by atoms with Crippen LogP contribution in [0.4, 0.5) is 5.69 Å². The van der Waals surface area contributed by atoms with Crippen molar-refractivity contribution < 1.29 is 27.5 Å². The number of amides is 2. The zero-order valence-electron chi connectivity index (χ0n) is 15.8. The molecule has 4 rings (SSSR count). The molecule has 1 fully saturated rings. The van der Waals surface area contributed by atoms with Crippen molar-refractivity contribution in [1.29, 1.82) is 0 Å². The predicted octanol–water partition coefficient (Wildman–Crippen LogP) is 1.60. The maximum Gasteiger partial charge on any atom is 0.252 e. The fourth-order valence-corrected chi connectivity index (χ4v) is 4.42. The summed E-state index contributed by atoms with van der Waals surface area (Å²) in [4.78, 5) is 26.6. The van der Waals surface area contributed by atoms with Crippen LogP contribution in [0, 0.1) is 5.92 Å². The summed E-state index contributed by atoms with van der Waals surface area (Å²) in [6, 6.07) is 11.4. The van der Waals surface area contributed by atoms with Crippen molar-refractivity contribution in [1.82, 2.24) is 5.32 Å². The molecule has 2 amide bonds. The van der Waals surface area contributed by atoms with Gasteiger partial charge >= 0.3 is 0 Å². The molecule has 2 aromatic carbocycles. The van der Waals surface area contributed by atoms with Gasteiger partial charge in [-0.15, -0.1) is 0 Å². The van der Waals surface area contributed by atoms with E-state index in [1.54, 1.807) is 35.2 Å². The molecular weight excluding hydrogens is 396 g/mol. The summed E-state index contributed by atoms with van der Waals surface area (Å²) >= 11 is 0. The van der Waals surface area contributed by atoms with Crippen LogP contribution in [0.1, 0.15) is 16.8 Å². The average Bonchev–Trinajstić information content (AvgIpc) is 3.31. The van der Waals surface area contributed by atoms with Crippen molar-refractivity contribution in [3.05, 3.63) is 48.0 Å². The Labute approximate surface area is 168 Å². The molecule has 0 saturated carbocycles. The zero-order chi connectivity index (χ0) is 20.6. The molecular formula is C20H20N2O6S. The summed E-state index contributed by atoms with van der Waals surface area (Å²) in [6.45, 7) is 0.881. The van der Waals surface area contributed by atoms with Crippen molar-refractivity contribution in [3.63, 3.8) is 0 Å². The van der Waals surface area contributed by atoms with Crippen LogP contribution in [0.25, 0.3) is 0 Å². The molecule has 8 nitrogen and oxygen atoms in total. The molecule has 0 radical (unpaired) electrons. The van der Waals surface area contributed by atoms with Gasteiger partial charge in [0.1, 0.15) is 0 Å². The van der Waals surface area contributed by atoms with Gasteiger partial charge in [-0.25, -0.2) is 8.42 Å². The Hall–Kier alpha value is -3.07. The molecule has 2 aliphatic rings. The highest BCUT2D eigenvalue weighted by Crippen LogP contribution is 2.37. The molecule has 0 aromatic heterocycles. The van der Waals surface area contributed by atoms with Crippen LogP contribution in [-0.4, -0.2) is 46.4 Å². The van der Waals surface area contributed by atoms with Gasteiger partial charge in [-0.05, 0) is 24.3 Å². The van der Waals surface area contributed by atoms with E-state index < -0.39 is 15.7 Å². The summed E-state index contributed by atoms with van der Waals surface area (Å²) in [6.07, 6.45) is 1.36. The summed E-state index contributed by atoms with van der Waals surface area (Å²) in [7, 11) is -3.52. The second-order valence-corrected chi connectivity index (χ2v) is 9.07. The van der Waals surface area contributed by atoms with E-state index in [0.29, 0.717) is 24.5 Å². The molecule has 9 heteroatoms. The van der Waals surface area contributed by atoms with Crippen LogP contribution in [0.2, 0.25) is 0 Å². The molecule has 2 aromatic rings. The fourth-order valence-electron chi connectivity index (χ4n) is 3.53. The predicted molar refractivity (Wildman–Crippen MR) is 105 cm³/mol. The number of hydrogen-bond acceptors (Lipinski definition) is 6. The van der Waals surface area contributed by atoms with E-state index in [1.807, 2.05) is 0 Å². The Morgan fingerprint density at radius 1 is 1.17 bits per heavy atom. The zero-order valence-corrected chi connectivity index (χ0v) is 16.6. The first-order valence-electron chi connectivity index (χ1n) is 9.10. The third-order valence-corrected chi connectivity index (χ3v) is 6.11. The minimum Gasteiger partial charge on any atom is -0.454 e. The number of hydrogen-bond donors (Lipinski definition) is 1. The monoisotopic (exact) mass is 416 g/mol. The Bertz CT molecular complexity index is 1080. The molecule has 29 heavy (non-hydrogen) atoms. The van der Waals surface area contributed by atoms with Crippen LogP contribution < -0.4 is 19.7 Å². The fraction of sp³-hybridized carbons (Fsp3) is 0.300. The first-order valence-corrected chi connectivity index (χ1v) is 11.0. The maximum atomic E-state index is 12.5. The number of carbonyl (C=O) groups excluding carboxylic acids is 2. The van der Waals surface area contributed by atoms with E-state index >= 15 is 0 Å². The van der Waals surface area contributed by atoms with E-state index in [4.69, 9.17) is 9.47 Å². The lowest BCUT2D eigenvalue weighted by atomic mass is 10.1. The quantitative estimate of drug-likeness (QED) is 0.794. The summed E-state index contributed by atoms with van der Waals surface area (Å²) in [5.74, 6) is 0.653. The molecule has 0 aliphatic carbocycles. The van der Waals surface area contributed by atoms with Crippen LogP contribution >= 0.6 is 0 Å². The van der Waals surface area contributed by atoms with Gasteiger partial charge in [0.25, 0.3) is 5.91 Å². The van der Waals surface area contributed by atoms with Crippen LogP contribution in [0.15, 0.2) is 47.4 Å². The normalized spacial score (nSPS) is 18.2. The standard InChI is InChI=1S/C20H20N2O6S/c1-29(25,26)18-5-3-2-4-15(18)20(24)21-10-13-8-19(23)22(11-13)14-6-7-16-17(9-14)28-12-27-16/h2-7,9,13H,8,10-12H2,1H3,(H,21,24). The number of anilines is 1. The van der Waals surface area contributed by atoms with E-state index in [-0.39, 0.29) is 35.6 Å². The van der Waals surface area contributed by atoms with E-state index in [9.17, 15) is 18.0 Å². The molecule has 1 atom stereocenters. The summed E-state index contributed by atoms with van der Waals surface area (Å²) < 4.78 is 34.4. The lowest BCUT2D eigenvalue weighted by Crippen LogP contribution is -2.32. The van der Waals surface area contributed by atoms with Crippen molar-refractivity contribution in [3.8, 4) is 11.5 Å². The number of carbonyl (C=O) groups is 2. The number of fused-ring (bicyclic) bond motifs is 1. The molecule has 0 bridgehead atoms. The van der Waals surface area contributed by atoms with Crippen molar-refractivity contribution in [2.75, 3.05) is 31.0 Å². The Morgan fingerprint density at radius 3 is 2.72 bits per heavy atom. The third-order valence-electron chi connectivity index (χ3n) is 4.96. The number of rotatable bonds is 5. The minimum atomic E-state index is -3.52. The molecule has 1 unspecified atom stereocenters. The van der Waals surface area contributed by atoms with Gasteiger partial charge in [-0.3, -0.25) is 9.59 Å². The Kier molecular flexibility index (Phi) is 4.91. The van der Waals surface area contributed by atoms with E-state index in [2.05, 4.69) is 5.32 Å². The topological polar surface area (TPSA) is 102 Å². The SMILES string of the molecule is CS(=O)(=O)c1ccccc1C(=O)NCC1CC(=O)N(c2ccc3c(c2)OCO3)C1. The molecule has 1 N–H and O–H groups in total. The van der Waals surface area contributed by atoms with Crippen molar-refractivity contribution >= 4 is 27.3 Å². The first kappa shape index (κ1) is 19.3. The first-order chi connectivity index (χ1) is 13.8. The molecule has 0 spiro atoms. The van der Waals surface area contributed by atoms with Gasteiger partial charge in [-0.1, -0.05) is 12.1 Å². The van der Waals surface area contributed by atoms with Crippen LogP contribution in [-0.2, 0) is 14.6 Å². The second-order valence-electron chi connectivity index (χ2n) is 7.09. The van der Waals surface area contributed by atoms with Gasteiger partial charge in [0, 0.05) is 43.4 Å². The van der Waals surface area contributed by atoms with Crippen molar-refractivity contribution in [2.24, 2.45) is 5.92 Å². The molecule has 2 aliphatic heterocycles. The van der Waals surface area contributed by atoms with Gasteiger partial charge < -0.3 is 19.7 Å². The lowest BCUT2D eigenvalue weighted by molar-refractivity contribution is -0.117. The van der Waals surface area contributed by atoms with Crippen LogP contribution in [0.3, 0.4) is 0 Å². The smallest absolute Gasteiger partial charge is 0.252 e. The molecule has 1 saturated heterocycles. The lowest BCUT2D eigenvalue weighted by Gasteiger charge is -2.17. The largest absolute Gasteiger partial charge is 0.454 e.